The van der Waals surface area contributed by atoms with Gasteiger partial charge in [-0.1, -0.05) is 56.0 Å². The molecule has 2 fully saturated rings. The monoisotopic (exact) mass is 485 g/mol. The molecule has 0 aliphatic heterocycles. The normalized spacial score (nSPS) is 18.5. The fraction of sp³-hybridized carbons (Fsp3) is 0.464. The molecule has 4 nitrogen and oxygen atoms in total. The zero-order valence-corrected chi connectivity index (χ0v) is 19.6. The Labute approximate surface area is 202 Å². The van der Waals surface area contributed by atoms with Gasteiger partial charge in [-0.05, 0) is 54.4 Å². The van der Waals surface area contributed by atoms with Crippen molar-refractivity contribution in [3.05, 3.63) is 70.4 Å². The number of aromatic nitrogens is 1. The molecule has 2 aliphatic carbocycles. The van der Waals surface area contributed by atoms with Crippen LogP contribution in [0.15, 0.2) is 42.6 Å². The summed E-state index contributed by atoms with van der Waals surface area (Å²) in [5.41, 5.74) is 2.29. The molecule has 0 saturated heterocycles. The second-order valence-corrected chi connectivity index (χ2v) is 10.0. The fourth-order valence-corrected chi connectivity index (χ4v) is 6.09. The van der Waals surface area contributed by atoms with Crippen LogP contribution in [-0.2, 0) is 34.3 Å². The fourth-order valence-electron chi connectivity index (χ4n) is 6.09. The second-order valence-electron chi connectivity index (χ2n) is 10.0. The summed E-state index contributed by atoms with van der Waals surface area (Å²) in [5.74, 6) is -0.919. The molecule has 0 unspecified atom stereocenters. The van der Waals surface area contributed by atoms with E-state index in [1.165, 1.54) is 6.07 Å². The van der Waals surface area contributed by atoms with Gasteiger partial charge in [-0.2, -0.15) is 13.2 Å². The van der Waals surface area contributed by atoms with Crippen molar-refractivity contribution < 1.29 is 27.8 Å². The maximum atomic E-state index is 13.9. The molecular weight excluding hydrogens is 455 g/mol. The van der Waals surface area contributed by atoms with E-state index in [4.69, 9.17) is 4.74 Å². The summed E-state index contributed by atoms with van der Waals surface area (Å²) in [5, 5.41) is 10.1. The predicted octanol–water partition coefficient (Wildman–Crippen LogP) is 7.46. The van der Waals surface area contributed by atoms with Gasteiger partial charge in [-0.25, -0.2) is 0 Å². The van der Waals surface area contributed by atoms with Gasteiger partial charge in [0.15, 0.2) is 0 Å². The molecule has 0 spiro atoms. The van der Waals surface area contributed by atoms with Crippen molar-refractivity contribution in [1.82, 2.24) is 4.98 Å². The van der Waals surface area contributed by atoms with Crippen LogP contribution in [0.2, 0.25) is 0 Å². The van der Waals surface area contributed by atoms with Crippen LogP contribution in [0.5, 0.6) is 0 Å². The number of ether oxygens (including phenoxy) is 1. The summed E-state index contributed by atoms with van der Waals surface area (Å²) in [6.07, 6.45) is 4.31. The minimum atomic E-state index is -4.39. The first kappa shape index (κ1) is 23.9. The minimum Gasteiger partial charge on any atom is -0.481 e. The van der Waals surface area contributed by atoms with Crippen LogP contribution < -0.4 is 0 Å². The summed E-state index contributed by atoms with van der Waals surface area (Å²) >= 11 is 0. The smallest absolute Gasteiger partial charge is 0.416 e. The van der Waals surface area contributed by atoms with Crippen LogP contribution in [0.1, 0.15) is 85.1 Å². The van der Waals surface area contributed by atoms with Crippen molar-refractivity contribution in [2.45, 2.75) is 82.1 Å². The van der Waals surface area contributed by atoms with Crippen molar-refractivity contribution in [3.63, 3.8) is 0 Å². The Morgan fingerprint density at radius 1 is 1.09 bits per heavy atom. The van der Waals surface area contributed by atoms with Gasteiger partial charge in [0.25, 0.3) is 0 Å². The number of fused-ring (bicyclic) bond motifs is 1. The topological polar surface area (TPSA) is 62.3 Å². The number of para-hydroxylation sites is 1. The summed E-state index contributed by atoms with van der Waals surface area (Å²) in [7, 11) is 0. The lowest BCUT2D eigenvalue weighted by atomic mass is 9.89. The zero-order valence-electron chi connectivity index (χ0n) is 19.6. The SMILES string of the molecule is O=C(O)Cc1c[nH]c2c(C3(OCc4ccc(C5CCCC5)c(C(F)(F)F)c4)CCCC3)cccc12. The Morgan fingerprint density at radius 3 is 2.51 bits per heavy atom. The van der Waals surface area contributed by atoms with Crippen LogP contribution in [0, 0.1) is 0 Å². The van der Waals surface area contributed by atoms with Crippen LogP contribution >= 0.6 is 0 Å². The number of aromatic amines is 1. The van der Waals surface area contributed by atoms with E-state index in [2.05, 4.69) is 4.98 Å². The van der Waals surface area contributed by atoms with Gasteiger partial charge in [0.05, 0.1) is 29.7 Å². The number of carboxylic acids is 1. The summed E-state index contributed by atoms with van der Waals surface area (Å²) in [4.78, 5) is 14.5. The molecule has 1 aromatic heterocycles. The van der Waals surface area contributed by atoms with E-state index in [1.807, 2.05) is 18.2 Å². The Kier molecular flexibility index (Phi) is 6.38. The average molecular weight is 486 g/mol. The van der Waals surface area contributed by atoms with Gasteiger partial charge in [0.1, 0.15) is 0 Å². The minimum absolute atomic E-state index is 0.0201. The van der Waals surface area contributed by atoms with Gasteiger partial charge < -0.3 is 14.8 Å². The molecule has 186 valence electrons. The van der Waals surface area contributed by atoms with Gasteiger partial charge in [-0.3, -0.25) is 4.79 Å². The van der Waals surface area contributed by atoms with Crippen molar-refractivity contribution >= 4 is 16.9 Å². The van der Waals surface area contributed by atoms with Gasteiger partial charge in [0.2, 0.25) is 0 Å². The van der Waals surface area contributed by atoms with Gasteiger partial charge in [-0.15, -0.1) is 0 Å². The molecular formula is C28H30F3NO3. The number of benzene rings is 2. The highest BCUT2D eigenvalue weighted by atomic mass is 19.4. The third-order valence-corrected chi connectivity index (χ3v) is 7.78. The summed E-state index contributed by atoms with van der Waals surface area (Å²) in [6, 6.07) is 10.5. The maximum Gasteiger partial charge on any atom is 0.416 e. The Balaban J connectivity index is 1.45. The van der Waals surface area contributed by atoms with Crippen molar-refractivity contribution in [3.8, 4) is 0 Å². The first-order valence-electron chi connectivity index (χ1n) is 12.4. The van der Waals surface area contributed by atoms with Crippen molar-refractivity contribution in [2.75, 3.05) is 0 Å². The number of hydrogen-bond donors (Lipinski definition) is 2. The lowest BCUT2D eigenvalue weighted by molar-refractivity contribution is -0.138. The Bertz CT molecular complexity index is 1220. The van der Waals surface area contributed by atoms with E-state index in [0.717, 1.165) is 67.8 Å². The maximum absolute atomic E-state index is 13.9. The molecule has 2 saturated carbocycles. The quantitative estimate of drug-likeness (QED) is 0.365. The predicted molar refractivity (Wildman–Crippen MR) is 127 cm³/mol. The molecule has 5 rings (SSSR count). The largest absolute Gasteiger partial charge is 0.481 e. The number of carbonyl (C=O) groups is 1. The van der Waals surface area contributed by atoms with Crippen molar-refractivity contribution in [2.24, 2.45) is 0 Å². The number of alkyl halides is 3. The molecule has 0 atom stereocenters. The van der Waals surface area contributed by atoms with Crippen LogP contribution in [0.3, 0.4) is 0 Å². The molecule has 2 N–H and O–H groups in total. The third kappa shape index (κ3) is 4.70. The molecule has 0 radical (unpaired) electrons. The van der Waals surface area contributed by atoms with Gasteiger partial charge >= 0.3 is 12.1 Å². The average Bonchev–Trinajstić information content (AvgIpc) is 3.59. The molecule has 1 heterocycles. The molecule has 2 aromatic carbocycles. The van der Waals surface area contributed by atoms with E-state index in [9.17, 15) is 23.1 Å². The highest BCUT2D eigenvalue weighted by molar-refractivity contribution is 5.89. The number of rotatable bonds is 7. The first-order chi connectivity index (χ1) is 16.8. The standard InChI is InChI=1S/C28H30F3NO3/c29-28(30,31)24-14-18(10-11-21(24)19-6-1-2-7-19)17-35-27(12-3-4-13-27)23-9-5-8-22-20(15-25(33)34)16-32-26(22)23/h5,8-11,14,16,19,32H,1-4,6-7,12-13,15,17H2,(H,33,34). The molecule has 3 aromatic rings. The molecule has 0 bridgehead atoms. The highest BCUT2D eigenvalue weighted by Gasteiger charge is 2.39. The zero-order chi connectivity index (χ0) is 24.6. The van der Waals surface area contributed by atoms with E-state index in [1.54, 1.807) is 18.3 Å². The summed E-state index contributed by atoms with van der Waals surface area (Å²) in [6.45, 7) is 0.0904. The molecule has 7 heteroatoms. The van der Waals surface area contributed by atoms with Crippen LogP contribution in [0.25, 0.3) is 10.9 Å². The van der Waals surface area contributed by atoms with E-state index in [0.29, 0.717) is 16.7 Å². The van der Waals surface area contributed by atoms with E-state index in [-0.39, 0.29) is 18.9 Å². The lowest BCUT2D eigenvalue weighted by Crippen LogP contribution is -2.26. The molecule has 2 aliphatic rings. The summed E-state index contributed by atoms with van der Waals surface area (Å²) < 4.78 is 48.3. The highest BCUT2D eigenvalue weighted by Crippen LogP contribution is 2.46. The second kappa shape index (κ2) is 9.34. The number of hydrogen-bond acceptors (Lipinski definition) is 2. The number of aliphatic carboxylic acids is 1. The lowest BCUT2D eigenvalue weighted by Gasteiger charge is -2.31. The van der Waals surface area contributed by atoms with E-state index < -0.39 is 23.3 Å². The van der Waals surface area contributed by atoms with Crippen LogP contribution in [-0.4, -0.2) is 16.1 Å². The van der Waals surface area contributed by atoms with Crippen LogP contribution in [0.4, 0.5) is 13.2 Å². The number of carboxylic acid groups (broad SMARTS) is 1. The Hall–Kier alpha value is -2.80. The van der Waals surface area contributed by atoms with E-state index >= 15 is 0 Å². The third-order valence-electron chi connectivity index (χ3n) is 7.78. The number of nitrogens with one attached hydrogen (secondary N) is 1. The Morgan fingerprint density at radius 2 is 1.83 bits per heavy atom. The number of H-pyrrole nitrogens is 1. The number of halogens is 3. The van der Waals surface area contributed by atoms with Crippen molar-refractivity contribution in [1.29, 1.82) is 0 Å². The molecule has 0 amide bonds. The first-order valence-corrected chi connectivity index (χ1v) is 12.4. The molecule has 35 heavy (non-hydrogen) atoms. The van der Waals surface area contributed by atoms with Gasteiger partial charge in [0, 0.05) is 17.1 Å².